The minimum Gasteiger partial charge on any atom is -0.539 e. The zero-order valence-electron chi connectivity index (χ0n) is 18.0. The first-order valence-electron chi connectivity index (χ1n) is 9.69. The fourth-order valence-corrected chi connectivity index (χ4v) is 9.52. The van der Waals surface area contributed by atoms with Gasteiger partial charge >= 0.3 is 0 Å². The highest BCUT2D eigenvalue weighted by molar-refractivity contribution is 6.78. The lowest BCUT2D eigenvalue weighted by Crippen LogP contribution is -2.51. The van der Waals surface area contributed by atoms with Crippen molar-refractivity contribution >= 4 is 8.32 Å². The summed E-state index contributed by atoms with van der Waals surface area (Å²) in [7, 11) is -3.15. The number of hydrogen-bond acceptors (Lipinski definition) is 1. The standard InChI is InChI=1S/C21H21F9OSi/c1-7(2)32(8(3)4,9(5)6)31-21-19(29)14(24)11(15(25)20(21)30)10-12(22)16(26)18(28)17(27)13(10)23/h7-9H,1-6H3. The van der Waals surface area contributed by atoms with E-state index in [1.165, 1.54) is 0 Å². The maximum atomic E-state index is 14.9. The van der Waals surface area contributed by atoms with Crippen molar-refractivity contribution in [3.8, 4) is 16.9 Å². The quantitative estimate of drug-likeness (QED) is 0.173. The third kappa shape index (κ3) is 3.78. The molecular weight excluding hydrogens is 467 g/mol. The van der Waals surface area contributed by atoms with E-state index in [2.05, 4.69) is 0 Å². The number of hydrogen-bond donors (Lipinski definition) is 0. The van der Waals surface area contributed by atoms with Crippen molar-refractivity contribution in [3.05, 3.63) is 52.4 Å². The van der Waals surface area contributed by atoms with Gasteiger partial charge in [0.25, 0.3) is 8.32 Å². The van der Waals surface area contributed by atoms with Gasteiger partial charge in [-0.1, -0.05) is 41.5 Å². The summed E-state index contributed by atoms with van der Waals surface area (Å²) in [5.41, 5.74) is -5.02. The summed E-state index contributed by atoms with van der Waals surface area (Å²) in [6.07, 6.45) is 0. The van der Waals surface area contributed by atoms with Crippen LogP contribution in [0.3, 0.4) is 0 Å². The van der Waals surface area contributed by atoms with E-state index in [1.54, 1.807) is 41.5 Å². The van der Waals surface area contributed by atoms with E-state index in [9.17, 15) is 39.5 Å². The first-order valence-corrected chi connectivity index (χ1v) is 11.8. The third-order valence-corrected chi connectivity index (χ3v) is 11.6. The summed E-state index contributed by atoms with van der Waals surface area (Å²) in [5, 5.41) is 0. The van der Waals surface area contributed by atoms with Crippen LogP contribution in [0.5, 0.6) is 5.75 Å². The van der Waals surface area contributed by atoms with Gasteiger partial charge in [0.05, 0.1) is 11.1 Å². The number of halogens is 9. The summed E-state index contributed by atoms with van der Waals surface area (Å²) in [6.45, 7) is 10.3. The van der Waals surface area contributed by atoms with Gasteiger partial charge < -0.3 is 4.43 Å². The van der Waals surface area contributed by atoms with E-state index in [1.807, 2.05) is 0 Å². The van der Waals surface area contributed by atoms with E-state index in [0.29, 0.717) is 0 Å². The molecule has 2 aromatic carbocycles. The number of benzene rings is 2. The van der Waals surface area contributed by atoms with Crippen molar-refractivity contribution in [2.75, 3.05) is 0 Å². The zero-order chi connectivity index (χ0) is 24.9. The Morgan fingerprint density at radius 1 is 0.438 bits per heavy atom. The van der Waals surface area contributed by atoms with Crippen molar-refractivity contribution in [2.24, 2.45) is 0 Å². The maximum Gasteiger partial charge on any atom is 0.259 e. The molecule has 0 spiro atoms. The first-order chi connectivity index (χ1) is 14.6. The van der Waals surface area contributed by atoms with E-state index in [4.69, 9.17) is 4.43 Å². The molecule has 0 saturated heterocycles. The Morgan fingerprint density at radius 3 is 0.969 bits per heavy atom. The summed E-state index contributed by atoms with van der Waals surface area (Å²) in [6, 6.07) is 0. The highest BCUT2D eigenvalue weighted by Gasteiger charge is 2.48. The van der Waals surface area contributed by atoms with Crippen LogP contribution < -0.4 is 4.43 Å². The molecule has 0 N–H and O–H groups in total. The van der Waals surface area contributed by atoms with E-state index < -0.39 is 77.5 Å². The lowest BCUT2D eigenvalue weighted by atomic mass is 10.0. The first kappa shape index (κ1) is 26.1. The molecule has 2 rings (SSSR count). The van der Waals surface area contributed by atoms with Crippen molar-refractivity contribution in [1.82, 2.24) is 0 Å². The number of rotatable bonds is 6. The molecule has 0 atom stereocenters. The van der Waals surface area contributed by atoms with Gasteiger partial charge in [-0.15, -0.1) is 0 Å². The second-order valence-electron chi connectivity index (χ2n) is 8.32. The Bertz CT molecular complexity index is 971. The highest BCUT2D eigenvalue weighted by atomic mass is 28.4. The molecule has 178 valence electrons. The van der Waals surface area contributed by atoms with Crippen LogP contribution in [0.1, 0.15) is 41.5 Å². The average molecular weight is 488 g/mol. The Hall–Kier alpha value is -2.17. The minimum atomic E-state index is -3.15. The van der Waals surface area contributed by atoms with Crippen LogP contribution in [0.2, 0.25) is 16.6 Å². The van der Waals surface area contributed by atoms with E-state index in [-0.39, 0.29) is 16.6 Å². The van der Waals surface area contributed by atoms with Crippen molar-refractivity contribution in [2.45, 2.75) is 58.2 Å². The largest absolute Gasteiger partial charge is 0.539 e. The normalized spacial score (nSPS) is 12.4. The van der Waals surface area contributed by atoms with Crippen LogP contribution >= 0.6 is 0 Å². The molecule has 0 heterocycles. The summed E-state index contributed by atoms with van der Waals surface area (Å²) >= 11 is 0. The van der Waals surface area contributed by atoms with Gasteiger partial charge in [0.2, 0.25) is 17.5 Å². The molecule has 0 bridgehead atoms. The summed E-state index contributed by atoms with van der Waals surface area (Å²) in [5.74, 6) is -23.3. The topological polar surface area (TPSA) is 9.23 Å². The fraction of sp³-hybridized carbons (Fsp3) is 0.429. The van der Waals surface area contributed by atoms with Crippen LogP contribution in [0.25, 0.3) is 11.1 Å². The van der Waals surface area contributed by atoms with Crippen LogP contribution in [-0.4, -0.2) is 8.32 Å². The SMILES string of the molecule is CC(C)[Si](Oc1c(F)c(F)c(-c2c(F)c(F)c(F)c(F)c2F)c(F)c1F)(C(C)C)C(C)C. The Kier molecular flexibility index (Phi) is 7.33. The van der Waals surface area contributed by atoms with Gasteiger partial charge in [-0.25, -0.2) is 30.7 Å². The van der Waals surface area contributed by atoms with Crippen LogP contribution in [0.15, 0.2) is 0 Å². The van der Waals surface area contributed by atoms with E-state index in [0.717, 1.165) is 0 Å². The Balaban J connectivity index is 2.89. The molecule has 32 heavy (non-hydrogen) atoms. The summed E-state index contributed by atoms with van der Waals surface area (Å²) in [4.78, 5) is 0. The smallest absolute Gasteiger partial charge is 0.259 e. The minimum absolute atomic E-state index is 0.276. The molecule has 0 aliphatic rings. The molecule has 0 aromatic heterocycles. The van der Waals surface area contributed by atoms with Gasteiger partial charge in [0.15, 0.2) is 40.7 Å². The van der Waals surface area contributed by atoms with Gasteiger partial charge in [0.1, 0.15) is 0 Å². The Morgan fingerprint density at radius 2 is 0.688 bits per heavy atom. The molecule has 2 aromatic rings. The predicted octanol–water partition coefficient (Wildman–Crippen LogP) is 8.16. The van der Waals surface area contributed by atoms with Gasteiger partial charge in [0, 0.05) is 0 Å². The molecule has 0 aliphatic carbocycles. The van der Waals surface area contributed by atoms with Crippen molar-refractivity contribution in [1.29, 1.82) is 0 Å². The molecular formula is C21H21F9OSi. The monoisotopic (exact) mass is 488 g/mol. The molecule has 0 saturated carbocycles. The lowest BCUT2D eigenvalue weighted by Gasteiger charge is -2.42. The maximum absolute atomic E-state index is 14.9. The fourth-order valence-electron chi connectivity index (χ4n) is 4.28. The van der Waals surface area contributed by atoms with Gasteiger partial charge in [-0.3, -0.25) is 0 Å². The Labute approximate surface area is 180 Å². The van der Waals surface area contributed by atoms with Crippen molar-refractivity contribution in [3.63, 3.8) is 0 Å². The van der Waals surface area contributed by atoms with Gasteiger partial charge in [-0.05, 0) is 16.6 Å². The summed E-state index contributed by atoms with van der Waals surface area (Å²) < 4.78 is 133. The second kappa shape index (κ2) is 8.99. The average Bonchev–Trinajstić information content (AvgIpc) is 2.71. The van der Waals surface area contributed by atoms with Crippen LogP contribution in [-0.2, 0) is 0 Å². The zero-order valence-corrected chi connectivity index (χ0v) is 19.0. The molecule has 1 nitrogen and oxygen atoms in total. The van der Waals surface area contributed by atoms with Crippen molar-refractivity contribution < 1.29 is 43.9 Å². The highest BCUT2D eigenvalue weighted by Crippen LogP contribution is 2.46. The predicted molar refractivity (Wildman–Crippen MR) is 103 cm³/mol. The molecule has 11 heteroatoms. The van der Waals surface area contributed by atoms with Gasteiger partial charge in [-0.2, -0.15) is 8.78 Å². The lowest BCUT2D eigenvalue weighted by molar-refractivity contribution is 0.369. The molecule has 0 amide bonds. The molecule has 0 aliphatic heterocycles. The molecule has 0 radical (unpaired) electrons. The molecule has 0 unspecified atom stereocenters. The van der Waals surface area contributed by atoms with E-state index >= 15 is 0 Å². The van der Waals surface area contributed by atoms with Crippen LogP contribution in [0.4, 0.5) is 39.5 Å². The van der Waals surface area contributed by atoms with Crippen LogP contribution in [0, 0.1) is 52.4 Å². The third-order valence-electron chi connectivity index (χ3n) is 5.67. The molecule has 0 fully saturated rings. The second-order valence-corrected chi connectivity index (χ2v) is 13.7.